The van der Waals surface area contributed by atoms with Crippen molar-refractivity contribution in [3.05, 3.63) is 44.7 Å². The molecule has 108 valence electrons. The van der Waals surface area contributed by atoms with Crippen LogP contribution in [-0.2, 0) is 19.5 Å². The Hall–Kier alpha value is -0.900. The van der Waals surface area contributed by atoms with E-state index in [9.17, 15) is 0 Å². The molecule has 20 heavy (non-hydrogen) atoms. The molecule has 2 rings (SSSR count). The predicted octanol–water partition coefficient (Wildman–Crippen LogP) is 5.04. The molecular weight excluding hydrogens is 317 g/mol. The van der Waals surface area contributed by atoms with Crippen LogP contribution in [0.2, 0.25) is 15.1 Å². The lowest BCUT2D eigenvalue weighted by Crippen LogP contribution is -2.08. The summed E-state index contributed by atoms with van der Waals surface area (Å²) in [5, 5.41) is 9.70. The van der Waals surface area contributed by atoms with Gasteiger partial charge in [-0.1, -0.05) is 41.7 Å². The van der Waals surface area contributed by atoms with Crippen molar-refractivity contribution in [2.45, 2.75) is 33.4 Å². The summed E-state index contributed by atoms with van der Waals surface area (Å²) in [5.41, 5.74) is 2.76. The van der Waals surface area contributed by atoms with E-state index in [-0.39, 0.29) is 0 Å². The first kappa shape index (κ1) is 15.5. The molecule has 0 aliphatic heterocycles. The third-order valence-electron chi connectivity index (χ3n) is 3.02. The topological polar surface area (TPSA) is 29.9 Å². The third kappa shape index (κ3) is 3.40. The van der Waals surface area contributed by atoms with E-state index < -0.39 is 0 Å². The van der Waals surface area contributed by atoms with Crippen molar-refractivity contribution in [1.82, 2.24) is 9.78 Å². The van der Waals surface area contributed by atoms with Gasteiger partial charge in [-0.3, -0.25) is 4.68 Å². The van der Waals surface area contributed by atoms with E-state index in [4.69, 9.17) is 34.8 Å². The minimum absolute atomic E-state index is 0.580. The summed E-state index contributed by atoms with van der Waals surface area (Å²) in [6.45, 7) is 5.45. The van der Waals surface area contributed by atoms with Crippen LogP contribution >= 0.6 is 34.8 Å². The van der Waals surface area contributed by atoms with Crippen LogP contribution in [0.3, 0.4) is 0 Å². The third-order valence-corrected chi connectivity index (χ3v) is 3.89. The Labute approximate surface area is 133 Å². The summed E-state index contributed by atoms with van der Waals surface area (Å²) in [4.78, 5) is 0. The lowest BCUT2D eigenvalue weighted by molar-refractivity contribution is 0.619. The maximum absolute atomic E-state index is 6.36. The van der Waals surface area contributed by atoms with Gasteiger partial charge in [0.05, 0.1) is 23.0 Å². The van der Waals surface area contributed by atoms with Crippen molar-refractivity contribution in [2.24, 2.45) is 0 Å². The fourth-order valence-electron chi connectivity index (χ4n) is 2.03. The normalized spacial score (nSPS) is 10.8. The highest BCUT2D eigenvalue weighted by Crippen LogP contribution is 2.25. The second kappa shape index (κ2) is 6.70. The largest absolute Gasteiger partial charge is 0.379 e. The number of nitrogens with zero attached hydrogens (tertiary/aromatic N) is 2. The number of hydrogen-bond acceptors (Lipinski definition) is 2. The Kier molecular flexibility index (Phi) is 5.19. The minimum atomic E-state index is 0.580. The van der Waals surface area contributed by atoms with Crippen molar-refractivity contribution in [3.63, 3.8) is 0 Å². The van der Waals surface area contributed by atoms with Gasteiger partial charge in [-0.25, -0.2) is 0 Å². The standard InChI is InChI=1S/C14H16Cl3N3/c1-3-12-14(17)13(20(4-2)19-12)8-18-11-6-9(15)5-10(16)7-11/h5-7,18H,3-4,8H2,1-2H3. The monoisotopic (exact) mass is 331 g/mol. The minimum Gasteiger partial charge on any atom is -0.379 e. The SMILES string of the molecule is CCc1nn(CC)c(CNc2cc(Cl)cc(Cl)c2)c1Cl. The molecule has 0 bridgehead atoms. The van der Waals surface area contributed by atoms with Crippen LogP contribution in [-0.4, -0.2) is 9.78 Å². The Morgan fingerprint density at radius 2 is 1.75 bits per heavy atom. The zero-order valence-electron chi connectivity index (χ0n) is 11.4. The molecule has 0 unspecified atom stereocenters. The van der Waals surface area contributed by atoms with Gasteiger partial charge >= 0.3 is 0 Å². The zero-order chi connectivity index (χ0) is 14.7. The molecular formula is C14H16Cl3N3. The van der Waals surface area contributed by atoms with Crippen molar-refractivity contribution < 1.29 is 0 Å². The van der Waals surface area contributed by atoms with Gasteiger partial charge in [0.1, 0.15) is 0 Å². The summed E-state index contributed by atoms with van der Waals surface area (Å²) >= 11 is 18.3. The van der Waals surface area contributed by atoms with Gasteiger partial charge in [-0.2, -0.15) is 5.10 Å². The predicted molar refractivity (Wildman–Crippen MR) is 86.1 cm³/mol. The highest BCUT2D eigenvalue weighted by Gasteiger charge is 2.13. The lowest BCUT2D eigenvalue weighted by atomic mass is 10.2. The van der Waals surface area contributed by atoms with Crippen LogP contribution in [0.5, 0.6) is 0 Å². The molecule has 1 aromatic carbocycles. The number of aryl methyl sites for hydroxylation is 2. The molecule has 0 radical (unpaired) electrons. The molecule has 0 saturated carbocycles. The first-order valence-electron chi connectivity index (χ1n) is 6.49. The Morgan fingerprint density at radius 1 is 1.10 bits per heavy atom. The smallest absolute Gasteiger partial charge is 0.0868 e. The summed E-state index contributed by atoms with van der Waals surface area (Å²) < 4.78 is 1.92. The Bertz CT molecular complexity index is 588. The Morgan fingerprint density at radius 3 is 2.30 bits per heavy atom. The van der Waals surface area contributed by atoms with Crippen LogP contribution in [0.25, 0.3) is 0 Å². The number of nitrogens with one attached hydrogen (secondary N) is 1. The molecule has 0 atom stereocenters. The van der Waals surface area contributed by atoms with Gasteiger partial charge < -0.3 is 5.32 Å². The molecule has 6 heteroatoms. The van der Waals surface area contributed by atoms with Gasteiger partial charge in [0.25, 0.3) is 0 Å². The molecule has 0 aliphatic carbocycles. The number of rotatable bonds is 5. The van der Waals surface area contributed by atoms with E-state index in [1.807, 2.05) is 30.7 Å². The van der Waals surface area contributed by atoms with E-state index >= 15 is 0 Å². The van der Waals surface area contributed by atoms with Crippen molar-refractivity contribution >= 4 is 40.5 Å². The summed E-state index contributed by atoms with van der Waals surface area (Å²) in [7, 11) is 0. The molecule has 0 amide bonds. The quantitative estimate of drug-likeness (QED) is 0.831. The summed E-state index contributed by atoms with van der Waals surface area (Å²) in [5.74, 6) is 0. The highest BCUT2D eigenvalue weighted by atomic mass is 35.5. The molecule has 2 aromatic rings. The molecule has 1 aromatic heterocycles. The van der Waals surface area contributed by atoms with Gasteiger partial charge in [-0.15, -0.1) is 0 Å². The fourth-order valence-corrected chi connectivity index (χ4v) is 2.89. The van der Waals surface area contributed by atoms with Gasteiger partial charge in [0.2, 0.25) is 0 Å². The van der Waals surface area contributed by atoms with Crippen molar-refractivity contribution in [2.75, 3.05) is 5.32 Å². The fraction of sp³-hybridized carbons (Fsp3) is 0.357. The van der Waals surface area contributed by atoms with E-state index in [0.29, 0.717) is 16.6 Å². The Balaban J connectivity index is 2.20. The van der Waals surface area contributed by atoms with Crippen LogP contribution < -0.4 is 5.32 Å². The van der Waals surface area contributed by atoms with E-state index in [2.05, 4.69) is 10.4 Å². The first-order chi connectivity index (χ1) is 9.55. The van der Waals surface area contributed by atoms with E-state index in [1.54, 1.807) is 6.07 Å². The highest BCUT2D eigenvalue weighted by molar-refractivity contribution is 6.35. The molecule has 0 spiro atoms. The van der Waals surface area contributed by atoms with Gasteiger partial charge in [0, 0.05) is 22.3 Å². The zero-order valence-corrected chi connectivity index (χ0v) is 13.6. The second-order valence-corrected chi connectivity index (χ2v) is 5.64. The van der Waals surface area contributed by atoms with Gasteiger partial charge in [0.15, 0.2) is 0 Å². The maximum atomic E-state index is 6.36. The number of halogens is 3. The van der Waals surface area contributed by atoms with E-state index in [0.717, 1.165) is 35.1 Å². The number of anilines is 1. The first-order valence-corrected chi connectivity index (χ1v) is 7.62. The number of aromatic nitrogens is 2. The summed E-state index contributed by atoms with van der Waals surface area (Å²) in [6.07, 6.45) is 0.821. The lowest BCUT2D eigenvalue weighted by Gasteiger charge is -2.09. The summed E-state index contributed by atoms with van der Waals surface area (Å²) in [6, 6.07) is 5.36. The van der Waals surface area contributed by atoms with Crippen molar-refractivity contribution in [1.29, 1.82) is 0 Å². The molecule has 3 nitrogen and oxygen atoms in total. The molecule has 1 N–H and O–H groups in total. The molecule has 0 fully saturated rings. The number of benzene rings is 1. The molecule has 0 saturated heterocycles. The maximum Gasteiger partial charge on any atom is 0.0868 e. The number of hydrogen-bond donors (Lipinski definition) is 1. The molecule has 0 aliphatic rings. The molecule has 1 heterocycles. The average molecular weight is 333 g/mol. The van der Waals surface area contributed by atoms with Crippen LogP contribution in [0.1, 0.15) is 25.2 Å². The van der Waals surface area contributed by atoms with Crippen LogP contribution in [0.4, 0.5) is 5.69 Å². The van der Waals surface area contributed by atoms with Crippen molar-refractivity contribution in [3.8, 4) is 0 Å². The van der Waals surface area contributed by atoms with Gasteiger partial charge in [-0.05, 0) is 31.5 Å². The van der Waals surface area contributed by atoms with E-state index in [1.165, 1.54) is 0 Å². The van der Waals surface area contributed by atoms with Crippen LogP contribution in [0, 0.1) is 0 Å². The average Bonchev–Trinajstić information content (AvgIpc) is 2.71. The second-order valence-electron chi connectivity index (χ2n) is 4.39. The van der Waals surface area contributed by atoms with Crippen LogP contribution in [0.15, 0.2) is 18.2 Å².